The summed E-state index contributed by atoms with van der Waals surface area (Å²) in [6.45, 7) is 10.1. The molecule has 0 bridgehead atoms. The van der Waals surface area contributed by atoms with Gasteiger partial charge in [-0.15, -0.1) is 0 Å². The zero-order chi connectivity index (χ0) is 11.7. The summed E-state index contributed by atoms with van der Waals surface area (Å²) in [6, 6.07) is 0. The molecule has 3 nitrogen and oxygen atoms in total. The van der Waals surface area contributed by atoms with Gasteiger partial charge >= 0.3 is 0 Å². The lowest BCUT2D eigenvalue weighted by atomic mass is 10.1. The summed E-state index contributed by atoms with van der Waals surface area (Å²) >= 11 is 0. The Morgan fingerprint density at radius 2 is 1.80 bits per heavy atom. The minimum absolute atomic E-state index is 0.0816. The van der Waals surface area contributed by atoms with Crippen LogP contribution in [0.1, 0.15) is 47.0 Å². The van der Waals surface area contributed by atoms with Crippen molar-refractivity contribution in [1.29, 1.82) is 0 Å². The van der Waals surface area contributed by atoms with Gasteiger partial charge in [-0.05, 0) is 40.0 Å². The van der Waals surface area contributed by atoms with Gasteiger partial charge in [-0.3, -0.25) is 0 Å². The predicted octanol–water partition coefficient (Wildman–Crippen LogP) is 2.37. The third-order valence-electron chi connectivity index (χ3n) is 2.06. The van der Waals surface area contributed by atoms with Crippen LogP contribution >= 0.6 is 0 Å². The Kier molecular flexibility index (Phi) is 8.02. The van der Waals surface area contributed by atoms with Crippen LogP contribution in [0.5, 0.6) is 0 Å². The minimum atomic E-state index is -0.167. The Hall–Kier alpha value is -0.120. The summed E-state index contributed by atoms with van der Waals surface area (Å²) in [6.07, 6.45) is 2.41. The van der Waals surface area contributed by atoms with E-state index in [9.17, 15) is 5.11 Å². The third kappa shape index (κ3) is 11.8. The van der Waals surface area contributed by atoms with Crippen molar-refractivity contribution < 1.29 is 14.6 Å². The summed E-state index contributed by atoms with van der Waals surface area (Å²) in [5.41, 5.74) is -0.0816. The molecular formula is C12H26O3. The van der Waals surface area contributed by atoms with Crippen LogP contribution in [0.15, 0.2) is 0 Å². The maximum Gasteiger partial charge on any atom is 0.0707 e. The molecule has 0 rings (SSSR count). The standard InChI is InChI=1S/C12H26O3/c1-5-11(13)7-6-8-14-9-10-15-12(2,3)4/h11,13H,5-10H2,1-4H3. The van der Waals surface area contributed by atoms with E-state index in [2.05, 4.69) is 0 Å². The molecule has 3 heteroatoms. The van der Waals surface area contributed by atoms with Gasteiger partial charge in [0.2, 0.25) is 0 Å². The van der Waals surface area contributed by atoms with E-state index in [1.54, 1.807) is 0 Å². The van der Waals surface area contributed by atoms with Crippen molar-refractivity contribution in [3.8, 4) is 0 Å². The summed E-state index contributed by atoms with van der Waals surface area (Å²) in [7, 11) is 0. The number of rotatable bonds is 8. The lowest BCUT2D eigenvalue weighted by Gasteiger charge is -2.19. The molecule has 1 unspecified atom stereocenters. The molecule has 0 aliphatic heterocycles. The monoisotopic (exact) mass is 218 g/mol. The molecule has 0 aromatic heterocycles. The first-order chi connectivity index (χ1) is 6.95. The highest BCUT2D eigenvalue weighted by molar-refractivity contribution is 4.58. The van der Waals surface area contributed by atoms with Crippen molar-refractivity contribution in [1.82, 2.24) is 0 Å². The Morgan fingerprint density at radius 1 is 1.13 bits per heavy atom. The van der Waals surface area contributed by atoms with Crippen LogP contribution in [0.25, 0.3) is 0 Å². The van der Waals surface area contributed by atoms with Crippen molar-refractivity contribution in [3.05, 3.63) is 0 Å². The van der Waals surface area contributed by atoms with Crippen LogP contribution < -0.4 is 0 Å². The van der Waals surface area contributed by atoms with E-state index in [0.717, 1.165) is 19.3 Å². The fourth-order valence-corrected chi connectivity index (χ4v) is 1.13. The molecular weight excluding hydrogens is 192 g/mol. The normalized spacial score (nSPS) is 14.2. The fraction of sp³-hybridized carbons (Fsp3) is 1.00. The quantitative estimate of drug-likeness (QED) is 0.636. The van der Waals surface area contributed by atoms with E-state index in [1.165, 1.54) is 0 Å². The second-order valence-corrected chi connectivity index (χ2v) is 4.78. The molecule has 0 saturated carbocycles. The minimum Gasteiger partial charge on any atom is -0.393 e. The zero-order valence-electron chi connectivity index (χ0n) is 10.6. The van der Waals surface area contributed by atoms with Crippen molar-refractivity contribution in [2.45, 2.75) is 58.7 Å². The van der Waals surface area contributed by atoms with Gasteiger partial charge in [0.25, 0.3) is 0 Å². The molecule has 0 aliphatic rings. The van der Waals surface area contributed by atoms with Gasteiger partial charge in [0, 0.05) is 6.61 Å². The largest absolute Gasteiger partial charge is 0.393 e. The summed E-state index contributed by atoms with van der Waals surface area (Å²) in [5, 5.41) is 9.29. The van der Waals surface area contributed by atoms with Gasteiger partial charge < -0.3 is 14.6 Å². The Bertz CT molecular complexity index is 140. The maximum atomic E-state index is 9.29. The number of hydrogen-bond acceptors (Lipinski definition) is 3. The molecule has 0 aromatic carbocycles. The Morgan fingerprint density at radius 3 is 2.33 bits per heavy atom. The molecule has 1 N–H and O–H groups in total. The second kappa shape index (κ2) is 8.08. The van der Waals surface area contributed by atoms with E-state index < -0.39 is 0 Å². The van der Waals surface area contributed by atoms with Crippen molar-refractivity contribution in [2.75, 3.05) is 19.8 Å². The third-order valence-corrected chi connectivity index (χ3v) is 2.06. The average molecular weight is 218 g/mol. The lowest BCUT2D eigenvalue weighted by molar-refractivity contribution is -0.0358. The van der Waals surface area contributed by atoms with Gasteiger partial charge in [-0.1, -0.05) is 6.92 Å². The SMILES string of the molecule is CCC(O)CCCOCCOC(C)(C)C. The number of aliphatic hydroxyl groups is 1. The molecule has 0 heterocycles. The molecule has 15 heavy (non-hydrogen) atoms. The van der Waals surface area contributed by atoms with E-state index in [0.29, 0.717) is 19.8 Å². The molecule has 0 aromatic rings. The topological polar surface area (TPSA) is 38.7 Å². The van der Waals surface area contributed by atoms with Crippen LogP contribution in [0, 0.1) is 0 Å². The van der Waals surface area contributed by atoms with Crippen molar-refractivity contribution in [2.24, 2.45) is 0 Å². The van der Waals surface area contributed by atoms with Gasteiger partial charge in [-0.25, -0.2) is 0 Å². The van der Waals surface area contributed by atoms with Crippen molar-refractivity contribution in [3.63, 3.8) is 0 Å². The molecule has 0 spiro atoms. The molecule has 1 atom stereocenters. The molecule has 92 valence electrons. The Labute approximate surface area is 93.8 Å². The molecule has 0 fully saturated rings. The first-order valence-corrected chi connectivity index (χ1v) is 5.85. The highest BCUT2D eigenvalue weighted by Gasteiger charge is 2.08. The lowest BCUT2D eigenvalue weighted by Crippen LogP contribution is -2.22. The van der Waals surface area contributed by atoms with E-state index in [4.69, 9.17) is 9.47 Å². The van der Waals surface area contributed by atoms with Crippen molar-refractivity contribution >= 4 is 0 Å². The smallest absolute Gasteiger partial charge is 0.0707 e. The second-order valence-electron chi connectivity index (χ2n) is 4.78. The Balaban J connectivity index is 3.12. The maximum absolute atomic E-state index is 9.29. The summed E-state index contributed by atoms with van der Waals surface area (Å²) in [4.78, 5) is 0. The molecule has 0 aliphatic carbocycles. The summed E-state index contributed by atoms with van der Waals surface area (Å²) < 4.78 is 10.9. The highest BCUT2D eigenvalue weighted by Crippen LogP contribution is 2.06. The van der Waals surface area contributed by atoms with Crippen LogP contribution in [0.2, 0.25) is 0 Å². The van der Waals surface area contributed by atoms with E-state index in [1.807, 2.05) is 27.7 Å². The van der Waals surface area contributed by atoms with E-state index in [-0.39, 0.29) is 11.7 Å². The van der Waals surface area contributed by atoms with Crippen LogP contribution in [-0.2, 0) is 9.47 Å². The highest BCUT2D eigenvalue weighted by atomic mass is 16.5. The summed E-state index contributed by atoms with van der Waals surface area (Å²) in [5.74, 6) is 0. The number of aliphatic hydroxyl groups excluding tert-OH is 1. The van der Waals surface area contributed by atoms with Gasteiger partial charge in [0.1, 0.15) is 0 Å². The fourth-order valence-electron chi connectivity index (χ4n) is 1.13. The number of hydrogen-bond donors (Lipinski definition) is 1. The molecule has 0 radical (unpaired) electrons. The average Bonchev–Trinajstić information content (AvgIpc) is 2.14. The van der Waals surface area contributed by atoms with Crippen LogP contribution in [0.4, 0.5) is 0 Å². The zero-order valence-corrected chi connectivity index (χ0v) is 10.6. The van der Waals surface area contributed by atoms with Gasteiger partial charge in [0.15, 0.2) is 0 Å². The first kappa shape index (κ1) is 14.9. The van der Waals surface area contributed by atoms with Gasteiger partial charge in [-0.2, -0.15) is 0 Å². The van der Waals surface area contributed by atoms with E-state index >= 15 is 0 Å². The first-order valence-electron chi connectivity index (χ1n) is 5.85. The number of ether oxygens (including phenoxy) is 2. The van der Waals surface area contributed by atoms with Gasteiger partial charge in [0.05, 0.1) is 24.9 Å². The molecule has 0 saturated heterocycles. The molecule has 0 amide bonds. The predicted molar refractivity (Wildman–Crippen MR) is 62.1 cm³/mol. The van der Waals surface area contributed by atoms with Crippen LogP contribution in [0.3, 0.4) is 0 Å². The van der Waals surface area contributed by atoms with Crippen LogP contribution in [-0.4, -0.2) is 36.6 Å².